The second-order valence-electron chi connectivity index (χ2n) is 7.35. The van der Waals surface area contributed by atoms with E-state index in [1.807, 2.05) is 29.6 Å². The number of anilines is 2. The largest absolute Gasteiger partial charge is 0.441 e. The Hall–Kier alpha value is -3.52. The number of hydrogen-bond donors (Lipinski definition) is 2. The Morgan fingerprint density at radius 3 is 2.94 bits per heavy atom. The third-order valence-electron chi connectivity index (χ3n) is 5.25. The van der Waals surface area contributed by atoms with Gasteiger partial charge in [-0.2, -0.15) is 5.26 Å². The molecule has 3 aromatic rings. The SMILES string of the molecule is N#Cc1cccc(NC(=O)O[C@H]2CO[C@@H]3[C@@H]2OC[C@@H]3Nc2nccc(-c3cccs3)n2)c1. The summed E-state index contributed by atoms with van der Waals surface area (Å²) in [4.78, 5) is 22.3. The first-order chi connectivity index (χ1) is 15.7. The number of ether oxygens (including phenoxy) is 3. The summed E-state index contributed by atoms with van der Waals surface area (Å²) in [7, 11) is 0. The van der Waals surface area contributed by atoms with Gasteiger partial charge in [-0.1, -0.05) is 12.1 Å². The first-order valence-corrected chi connectivity index (χ1v) is 10.9. The number of nitrogens with zero attached hydrogens (tertiary/aromatic N) is 3. The molecule has 0 radical (unpaired) electrons. The number of hydrogen-bond acceptors (Lipinski definition) is 9. The van der Waals surface area contributed by atoms with Crippen LogP contribution in [0.2, 0.25) is 0 Å². The van der Waals surface area contributed by atoms with E-state index in [4.69, 9.17) is 19.5 Å². The van der Waals surface area contributed by atoms with Gasteiger partial charge in [0, 0.05) is 11.9 Å². The lowest BCUT2D eigenvalue weighted by Crippen LogP contribution is -2.38. The third kappa shape index (κ3) is 4.27. The van der Waals surface area contributed by atoms with Crippen molar-refractivity contribution in [2.75, 3.05) is 23.8 Å². The van der Waals surface area contributed by atoms with Crippen molar-refractivity contribution >= 4 is 29.1 Å². The van der Waals surface area contributed by atoms with Crippen LogP contribution in [0.25, 0.3) is 10.6 Å². The monoisotopic (exact) mass is 449 g/mol. The Morgan fingerprint density at radius 1 is 1.19 bits per heavy atom. The first-order valence-electron chi connectivity index (χ1n) is 10.0. The van der Waals surface area contributed by atoms with Gasteiger partial charge in [0.15, 0.2) is 6.10 Å². The van der Waals surface area contributed by atoms with Crippen LogP contribution in [0.3, 0.4) is 0 Å². The minimum Gasteiger partial charge on any atom is -0.441 e. The smallest absolute Gasteiger partial charge is 0.412 e. The number of nitrogens with one attached hydrogen (secondary N) is 2. The van der Waals surface area contributed by atoms with Crippen molar-refractivity contribution in [3.63, 3.8) is 0 Å². The highest BCUT2D eigenvalue weighted by atomic mass is 32.1. The van der Waals surface area contributed by atoms with Crippen molar-refractivity contribution < 1.29 is 19.0 Å². The molecule has 0 saturated carbocycles. The number of thiophene rings is 1. The number of fused-ring (bicyclic) bond motifs is 1. The number of rotatable bonds is 5. The zero-order chi connectivity index (χ0) is 21.9. The van der Waals surface area contributed by atoms with Crippen LogP contribution in [0.5, 0.6) is 0 Å². The molecule has 2 N–H and O–H groups in total. The first kappa shape index (κ1) is 20.4. The number of carbonyl (C=O) groups excluding carboxylic acids is 1. The van der Waals surface area contributed by atoms with Crippen molar-refractivity contribution in [2.45, 2.75) is 24.4 Å². The molecule has 32 heavy (non-hydrogen) atoms. The Kier molecular flexibility index (Phi) is 5.68. The molecular weight excluding hydrogens is 430 g/mol. The van der Waals surface area contributed by atoms with E-state index in [1.165, 1.54) is 0 Å². The molecule has 4 atom stereocenters. The number of nitriles is 1. The summed E-state index contributed by atoms with van der Waals surface area (Å²) in [5.74, 6) is 0.494. The van der Waals surface area contributed by atoms with E-state index in [0.29, 0.717) is 23.8 Å². The van der Waals surface area contributed by atoms with Crippen LogP contribution in [0.4, 0.5) is 16.4 Å². The minimum absolute atomic E-state index is 0.164. The summed E-state index contributed by atoms with van der Waals surface area (Å²) in [6.07, 6.45) is -0.122. The van der Waals surface area contributed by atoms with E-state index in [0.717, 1.165) is 10.6 Å². The molecule has 0 bridgehead atoms. The lowest BCUT2D eigenvalue weighted by atomic mass is 10.1. The fraction of sp³-hybridized carbons (Fsp3) is 0.273. The summed E-state index contributed by atoms with van der Waals surface area (Å²) >= 11 is 1.61. The molecule has 0 aliphatic carbocycles. The highest BCUT2D eigenvalue weighted by molar-refractivity contribution is 7.13. The molecular formula is C22H19N5O4S. The fourth-order valence-corrected chi connectivity index (χ4v) is 4.49. The predicted molar refractivity (Wildman–Crippen MR) is 117 cm³/mol. The average Bonchev–Trinajstić information content (AvgIpc) is 3.55. The summed E-state index contributed by atoms with van der Waals surface area (Å²) in [5.41, 5.74) is 1.78. The second-order valence-corrected chi connectivity index (χ2v) is 8.30. The highest BCUT2D eigenvalue weighted by Gasteiger charge is 2.49. The summed E-state index contributed by atoms with van der Waals surface area (Å²) in [6, 6.07) is 14.3. The average molecular weight is 449 g/mol. The van der Waals surface area contributed by atoms with E-state index in [1.54, 1.807) is 41.8 Å². The van der Waals surface area contributed by atoms with Gasteiger partial charge in [-0.05, 0) is 35.7 Å². The van der Waals surface area contributed by atoms with Crippen LogP contribution in [0.1, 0.15) is 5.56 Å². The van der Waals surface area contributed by atoms with E-state index < -0.39 is 12.2 Å². The predicted octanol–water partition coefficient (Wildman–Crippen LogP) is 3.27. The van der Waals surface area contributed by atoms with Crippen LogP contribution >= 0.6 is 11.3 Å². The second kappa shape index (κ2) is 8.92. The normalized spacial score (nSPS) is 23.8. The standard InChI is InChI=1S/C22H19N5O4S/c23-10-13-3-1-4-14(9-13)25-22(28)31-17-12-30-19-16(11-29-20(17)19)27-21-24-7-6-15(26-21)18-5-2-8-32-18/h1-9,16-17,19-20H,11-12H2,(H,25,28)(H,24,26,27)/t16-,17-,19-,20+/m0/s1. The third-order valence-corrected chi connectivity index (χ3v) is 6.14. The molecule has 1 amide bonds. The molecule has 2 aliphatic heterocycles. The van der Waals surface area contributed by atoms with Crippen molar-refractivity contribution in [3.05, 3.63) is 59.6 Å². The minimum atomic E-state index is -0.624. The molecule has 4 heterocycles. The molecule has 2 aromatic heterocycles. The Balaban J connectivity index is 1.19. The van der Waals surface area contributed by atoms with Crippen LogP contribution < -0.4 is 10.6 Å². The Labute approximate surface area is 188 Å². The van der Waals surface area contributed by atoms with Crippen molar-refractivity contribution in [2.24, 2.45) is 0 Å². The highest BCUT2D eigenvalue weighted by Crippen LogP contribution is 2.31. The molecule has 0 unspecified atom stereocenters. The number of benzene rings is 1. The molecule has 162 valence electrons. The van der Waals surface area contributed by atoms with Gasteiger partial charge in [-0.25, -0.2) is 14.8 Å². The van der Waals surface area contributed by atoms with Crippen LogP contribution in [0.15, 0.2) is 54.0 Å². The fourth-order valence-electron chi connectivity index (χ4n) is 3.80. The molecule has 9 nitrogen and oxygen atoms in total. The molecule has 1 aromatic carbocycles. The van der Waals surface area contributed by atoms with Crippen LogP contribution in [0, 0.1) is 11.3 Å². The van der Waals surface area contributed by atoms with Crippen molar-refractivity contribution in [3.8, 4) is 16.6 Å². The van der Waals surface area contributed by atoms with Crippen LogP contribution in [-0.2, 0) is 14.2 Å². The maximum atomic E-state index is 12.3. The van der Waals surface area contributed by atoms with Gasteiger partial charge in [-0.3, -0.25) is 5.32 Å². The van der Waals surface area contributed by atoms with Gasteiger partial charge >= 0.3 is 6.09 Å². The van der Waals surface area contributed by atoms with E-state index >= 15 is 0 Å². The number of amides is 1. The summed E-state index contributed by atoms with van der Waals surface area (Å²) < 4.78 is 17.3. The van der Waals surface area contributed by atoms with Gasteiger partial charge in [0.1, 0.15) is 12.2 Å². The molecule has 0 spiro atoms. The summed E-state index contributed by atoms with van der Waals surface area (Å²) in [6.45, 7) is 0.614. The topological polar surface area (TPSA) is 118 Å². The van der Waals surface area contributed by atoms with Gasteiger partial charge in [0.05, 0.1) is 41.5 Å². The Bertz CT molecular complexity index is 1150. The van der Waals surface area contributed by atoms with Crippen molar-refractivity contribution in [1.82, 2.24) is 9.97 Å². The molecule has 2 fully saturated rings. The van der Waals surface area contributed by atoms with Gasteiger partial charge in [-0.15, -0.1) is 11.3 Å². The molecule has 10 heteroatoms. The van der Waals surface area contributed by atoms with Crippen LogP contribution in [-0.4, -0.2) is 53.6 Å². The van der Waals surface area contributed by atoms with E-state index in [2.05, 4.69) is 20.6 Å². The quantitative estimate of drug-likeness (QED) is 0.609. The maximum absolute atomic E-state index is 12.3. The van der Waals surface area contributed by atoms with Crippen molar-refractivity contribution in [1.29, 1.82) is 5.26 Å². The Morgan fingerprint density at radius 2 is 2.09 bits per heavy atom. The zero-order valence-corrected chi connectivity index (χ0v) is 17.6. The molecule has 5 rings (SSSR count). The van der Waals surface area contributed by atoms with E-state index in [-0.39, 0.29) is 24.9 Å². The number of aromatic nitrogens is 2. The zero-order valence-electron chi connectivity index (χ0n) is 16.8. The summed E-state index contributed by atoms with van der Waals surface area (Å²) in [5, 5.41) is 16.9. The van der Waals surface area contributed by atoms with Gasteiger partial charge in [0.2, 0.25) is 5.95 Å². The molecule has 2 saturated heterocycles. The van der Waals surface area contributed by atoms with E-state index in [9.17, 15) is 4.79 Å². The lowest BCUT2D eigenvalue weighted by molar-refractivity contribution is 0.00917. The van der Waals surface area contributed by atoms with Gasteiger partial charge in [0.25, 0.3) is 0 Å². The number of carbonyl (C=O) groups is 1. The maximum Gasteiger partial charge on any atom is 0.412 e. The lowest BCUT2D eigenvalue weighted by Gasteiger charge is -2.18. The molecule has 2 aliphatic rings. The van der Waals surface area contributed by atoms with Gasteiger partial charge < -0.3 is 19.5 Å².